The molecule has 0 bridgehead atoms. The zero-order valence-electron chi connectivity index (χ0n) is 11.8. The predicted molar refractivity (Wildman–Crippen MR) is 72.8 cm³/mol. The molecule has 1 aliphatic rings. The average Bonchev–Trinajstić information content (AvgIpc) is 3.10. The Morgan fingerprint density at radius 1 is 1.50 bits per heavy atom. The monoisotopic (exact) mass is 276 g/mol. The molecule has 1 atom stereocenters. The average molecular weight is 276 g/mol. The van der Waals surface area contributed by atoms with Gasteiger partial charge in [-0.3, -0.25) is 9.58 Å². The molecule has 1 aliphatic heterocycles. The first-order valence-corrected chi connectivity index (χ1v) is 6.92. The van der Waals surface area contributed by atoms with Crippen LogP contribution in [0.15, 0.2) is 18.5 Å². The van der Waals surface area contributed by atoms with Crippen LogP contribution in [0.1, 0.15) is 37.7 Å². The summed E-state index contributed by atoms with van der Waals surface area (Å²) in [5.74, 6) is 0. The van der Waals surface area contributed by atoms with Gasteiger partial charge in [0.25, 0.3) is 0 Å². The minimum atomic E-state index is -0.893. The molecule has 1 saturated heterocycles. The lowest BCUT2D eigenvalue weighted by atomic mass is 10.0. The van der Waals surface area contributed by atoms with Gasteiger partial charge in [0.05, 0.1) is 11.9 Å². The second kappa shape index (κ2) is 4.99. The van der Waals surface area contributed by atoms with Crippen molar-refractivity contribution in [1.29, 1.82) is 0 Å². The third-order valence-electron chi connectivity index (χ3n) is 3.85. The van der Waals surface area contributed by atoms with E-state index >= 15 is 0 Å². The Balaban J connectivity index is 1.70. The highest BCUT2D eigenvalue weighted by atomic mass is 16.3. The van der Waals surface area contributed by atoms with Crippen LogP contribution in [-0.4, -0.2) is 48.3 Å². The fraction of sp³-hybridized carbons (Fsp3) is 0.615. The summed E-state index contributed by atoms with van der Waals surface area (Å²) >= 11 is 0. The van der Waals surface area contributed by atoms with Crippen LogP contribution >= 0.6 is 0 Å². The third kappa shape index (κ3) is 2.34. The first-order chi connectivity index (χ1) is 9.58. The van der Waals surface area contributed by atoms with E-state index in [-0.39, 0.29) is 0 Å². The molecule has 1 fully saturated rings. The highest BCUT2D eigenvalue weighted by molar-refractivity contribution is 5.11. The maximum Gasteiger partial charge on any atom is 0.124 e. The molecule has 20 heavy (non-hydrogen) atoms. The number of hydrogen-bond acceptors (Lipinski definition) is 5. The van der Waals surface area contributed by atoms with Gasteiger partial charge in [0.2, 0.25) is 0 Å². The number of nitrogens with one attached hydrogen (secondary N) is 1. The second-order valence-electron chi connectivity index (χ2n) is 5.71. The first kappa shape index (κ1) is 13.3. The van der Waals surface area contributed by atoms with Gasteiger partial charge in [-0.25, -0.2) is 0 Å². The summed E-state index contributed by atoms with van der Waals surface area (Å²) in [6, 6.07) is 2.38. The summed E-state index contributed by atoms with van der Waals surface area (Å²) in [4.78, 5) is 2.23. The fourth-order valence-corrected chi connectivity index (χ4v) is 2.80. The molecule has 2 aromatic rings. The van der Waals surface area contributed by atoms with Gasteiger partial charge < -0.3 is 5.11 Å². The lowest BCUT2D eigenvalue weighted by Gasteiger charge is -2.21. The molecule has 0 aliphatic carbocycles. The molecule has 0 unspecified atom stereocenters. The fourth-order valence-electron chi connectivity index (χ4n) is 2.80. The van der Waals surface area contributed by atoms with E-state index < -0.39 is 5.60 Å². The molecular formula is C13H20N6O. The molecular weight excluding hydrogens is 256 g/mol. The van der Waals surface area contributed by atoms with Crippen molar-refractivity contribution < 1.29 is 5.11 Å². The molecule has 7 nitrogen and oxygen atoms in total. The van der Waals surface area contributed by atoms with E-state index in [0.29, 0.717) is 24.7 Å². The third-order valence-corrected chi connectivity index (χ3v) is 3.85. The van der Waals surface area contributed by atoms with Gasteiger partial charge in [-0.05, 0) is 26.3 Å². The number of H-pyrrole nitrogens is 1. The normalized spacial score (nSPS) is 23.8. The van der Waals surface area contributed by atoms with Crippen molar-refractivity contribution in [3.05, 3.63) is 29.8 Å². The smallest absolute Gasteiger partial charge is 0.124 e. The van der Waals surface area contributed by atoms with Crippen LogP contribution in [0.4, 0.5) is 0 Å². The number of aromatic nitrogens is 5. The molecule has 108 valence electrons. The van der Waals surface area contributed by atoms with E-state index in [1.165, 1.54) is 5.69 Å². The van der Waals surface area contributed by atoms with Crippen molar-refractivity contribution in [2.45, 2.75) is 38.5 Å². The van der Waals surface area contributed by atoms with E-state index in [4.69, 9.17) is 0 Å². The van der Waals surface area contributed by atoms with Gasteiger partial charge in [0, 0.05) is 31.9 Å². The van der Waals surface area contributed by atoms with Gasteiger partial charge >= 0.3 is 0 Å². The van der Waals surface area contributed by atoms with Crippen LogP contribution < -0.4 is 0 Å². The summed E-state index contributed by atoms with van der Waals surface area (Å²) in [6.45, 7) is 6.44. The largest absolute Gasteiger partial charge is 0.382 e. The van der Waals surface area contributed by atoms with Crippen LogP contribution in [0.5, 0.6) is 0 Å². The van der Waals surface area contributed by atoms with Crippen LogP contribution in [0.3, 0.4) is 0 Å². The van der Waals surface area contributed by atoms with Crippen molar-refractivity contribution in [2.24, 2.45) is 0 Å². The van der Waals surface area contributed by atoms with E-state index in [9.17, 15) is 5.11 Å². The highest BCUT2D eigenvalue weighted by Gasteiger charge is 2.39. The quantitative estimate of drug-likeness (QED) is 0.858. The number of rotatable bonds is 4. The molecule has 0 aromatic carbocycles. The first-order valence-electron chi connectivity index (χ1n) is 6.92. The maximum absolute atomic E-state index is 10.6. The van der Waals surface area contributed by atoms with E-state index in [1.807, 2.05) is 16.9 Å². The lowest BCUT2D eigenvalue weighted by molar-refractivity contribution is 0.0405. The summed E-state index contributed by atoms with van der Waals surface area (Å²) in [5, 5.41) is 25.3. The summed E-state index contributed by atoms with van der Waals surface area (Å²) in [6.07, 6.45) is 4.10. The van der Waals surface area contributed by atoms with Gasteiger partial charge in [-0.15, -0.1) is 0 Å². The second-order valence-corrected chi connectivity index (χ2v) is 5.71. The van der Waals surface area contributed by atoms with Gasteiger partial charge in [0.1, 0.15) is 11.3 Å². The molecule has 0 amide bonds. The Morgan fingerprint density at radius 2 is 2.35 bits per heavy atom. The van der Waals surface area contributed by atoms with Crippen molar-refractivity contribution in [3.8, 4) is 0 Å². The van der Waals surface area contributed by atoms with Crippen molar-refractivity contribution >= 4 is 0 Å². The molecule has 2 aromatic heterocycles. The number of β-amino-alcohol motifs (C(OH)–C–C–N with tert-alkyl or cyclic N) is 1. The van der Waals surface area contributed by atoms with Crippen LogP contribution in [0.25, 0.3) is 0 Å². The molecule has 7 heteroatoms. The zero-order chi connectivity index (χ0) is 14.2. The van der Waals surface area contributed by atoms with Crippen molar-refractivity contribution in [3.63, 3.8) is 0 Å². The Kier molecular flexibility index (Phi) is 3.31. The molecule has 0 spiro atoms. The number of likely N-dealkylation sites (tertiary alicyclic amines) is 1. The Hall–Kier alpha value is -1.73. The zero-order valence-corrected chi connectivity index (χ0v) is 11.8. The summed E-state index contributed by atoms with van der Waals surface area (Å²) in [7, 11) is 0. The Morgan fingerprint density at radius 3 is 3.05 bits per heavy atom. The van der Waals surface area contributed by atoms with Crippen molar-refractivity contribution in [2.75, 3.05) is 13.1 Å². The van der Waals surface area contributed by atoms with E-state index in [2.05, 4.69) is 39.3 Å². The Labute approximate surface area is 117 Å². The molecule has 0 saturated carbocycles. The molecule has 3 rings (SSSR count). The minimum Gasteiger partial charge on any atom is -0.382 e. The predicted octanol–water partition coefficient (Wildman–Crippen LogP) is 0.676. The Bertz CT molecular complexity index is 563. The molecule has 3 heterocycles. The SMILES string of the molecule is CC(C)n1nccc1CN1CC[C@](O)(c2cn[nH]n2)C1. The number of hydrogen-bond donors (Lipinski definition) is 2. The van der Waals surface area contributed by atoms with Crippen LogP contribution in [0.2, 0.25) is 0 Å². The van der Waals surface area contributed by atoms with Gasteiger partial charge in [-0.2, -0.15) is 20.5 Å². The van der Waals surface area contributed by atoms with Gasteiger partial charge in [0.15, 0.2) is 0 Å². The number of aromatic amines is 1. The summed E-state index contributed by atoms with van der Waals surface area (Å²) in [5.41, 5.74) is 0.900. The molecule has 0 radical (unpaired) electrons. The van der Waals surface area contributed by atoms with Gasteiger partial charge in [-0.1, -0.05) is 0 Å². The summed E-state index contributed by atoms with van der Waals surface area (Å²) < 4.78 is 2.02. The highest BCUT2D eigenvalue weighted by Crippen LogP contribution is 2.31. The molecule has 2 N–H and O–H groups in total. The number of nitrogens with zero attached hydrogens (tertiary/aromatic N) is 5. The maximum atomic E-state index is 10.6. The number of aliphatic hydroxyl groups is 1. The van der Waals surface area contributed by atoms with E-state index in [0.717, 1.165) is 13.1 Å². The van der Waals surface area contributed by atoms with Crippen molar-refractivity contribution in [1.82, 2.24) is 30.1 Å². The standard InChI is InChI=1S/C13H20N6O/c1-10(2)19-11(3-5-15-19)8-18-6-4-13(20,9-18)12-7-14-17-16-12/h3,5,7,10,20H,4,6,8-9H2,1-2H3,(H,14,16,17)/t13-/m1/s1. The lowest BCUT2D eigenvalue weighted by Crippen LogP contribution is -2.31. The van der Waals surface area contributed by atoms with Crippen LogP contribution in [-0.2, 0) is 12.1 Å². The van der Waals surface area contributed by atoms with Crippen LogP contribution in [0, 0.1) is 0 Å². The minimum absolute atomic E-state index is 0.344. The van der Waals surface area contributed by atoms with E-state index in [1.54, 1.807) is 6.20 Å². The topological polar surface area (TPSA) is 82.9 Å².